The van der Waals surface area contributed by atoms with Crippen LogP contribution in [0, 0.1) is 16.7 Å². The first-order chi connectivity index (χ1) is 7.34. The molecule has 0 saturated carbocycles. The summed E-state index contributed by atoms with van der Waals surface area (Å²) < 4.78 is 11.6. The Morgan fingerprint density at radius 3 is 2.50 bits per heavy atom. The molecule has 0 aromatic heterocycles. The first kappa shape index (κ1) is 15.1. The number of carboxylic acid groups (broad SMARTS) is 1. The molecule has 0 spiro atoms. The Labute approximate surface area is 99.1 Å². The molecular weight excluding hydrogens is 226 g/mol. The molecular formula is C11H19NO3S. The number of carbonyl (C=O) groups is 1. The van der Waals surface area contributed by atoms with Crippen molar-refractivity contribution in [2.24, 2.45) is 5.41 Å². The van der Waals surface area contributed by atoms with Gasteiger partial charge in [0.15, 0.2) is 0 Å². The summed E-state index contributed by atoms with van der Waals surface area (Å²) in [4.78, 5) is 10.7. The van der Waals surface area contributed by atoms with E-state index in [4.69, 9.17) is 10.4 Å². The van der Waals surface area contributed by atoms with Crippen molar-refractivity contribution in [2.75, 3.05) is 5.75 Å². The van der Waals surface area contributed by atoms with E-state index in [1.807, 2.05) is 13.8 Å². The normalized spacial score (nSPS) is 15.1. The van der Waals surface area contributed by atoms with Gasteiger partial charge in [-0.15, -0.1) is 0 Å². The fourth-order valence-electron chi connectivity index (χ4n) is 1.33. The van der Waals surface area contributed by atoms with Gasteiger partial charge in [-0.05, 0) is 33.1 Å². The first-order valence-electron chi connectivity index (χ1n) is 5.35. The average Bonchev–Trinajstić information content (AvgIpc) is 2.18. The number of hydrogen-bond acceptors (Lipinski definition) is 3. The highest BCUT2D eigenvalue weighted by Crippen LogP contribution is 2.21. The number of nitriles is 1. The van der Waals surface area contributed by atoms with Crippen LogP contribution in [0.25, 0.3) is 0 Å². The van der Waals surface area contributed by atoms with Gasteiger partial charge in [0.1, 0.15) is 5.25 Å². The van der Waals surface area contributed by atoms with Gasteiger partial charge in [-0.25, -0.2) is 0 Å². The third-order valence-corrected chi connectivity index (χ3v) is 4.27. The fourth-order valence-corrected chi connectivity index (χ4v) is 2.64. The Hall–Kier alpha value is -0.890. The molecule has 0 aliphatic heterocycles. The smallest absolute Gasteiger partial charge is 0.319 e. The van der Waals surface area contributed by atoms with Crippen LogP contribution in [0.15, 0.2) is 0 Å². The molecule has 0 saturated heterocycles. The van der Waals surface area contributed by atoms with Crippen molar-refractivity contribution in [1.29, 1.82) is 5.26 Å². The summed E-state index contributed by atoms with van der Waals surface area (Å²) in [6.07, 6.45) is 1.64. The zero-order valence-electron chi connectivity index (χ0n) is 10.0. The molecule has 0 aromatic carbocycles. The molecule has 0 heterocycles. The Morgan fingerprint density at radius 2 is 2.12 bits per heavy atom. The van der Waals surface area contributed by atoms with Crippen LogP contribution in [0.3, 0.4) is 0 Å². The van der Waals surface area contributed by atoms with Crippen molar-refractivity contribution in [2.45, 2.75) is 45.3 Å². The van der Waals surface area contributed by atoms with E-state index >= 15 is 0 Å². The molecule has 0 radical (unpaired) electrons. The maximum Gasteiger partial charge on any atom is 0.319 e. The predicted octanol–water partition coefficient (Wildman–Crippen LogP) is 1.93. The molecule has 0 fully saturated rings. The third kappa shape index (κ3) is 5.26. The van der Waals surface area contributed by atoms with Crippen LogP contribution in [0.2, 0.25) is 0 Å². The quantitative estimate of drug-likeness (QED) is 0.743. The standard InChI is InChI=1S/C11H19NO3S/c1-4-9(10(13)14)16(15)7-5-6-11(2,3)8-12/h9H,4-7H2,1-3H3,(H,13,14). The van der Waals surface area contributed by atoms with Crippen molar-refractivity contribution in [3.8, 4) is 6.07 Å². The second-order valence-electron chi connectivity index (χ2n) is 4.42. The molecule has 0 rings (SSSR count). The molecule has 2 unspecified atom stereocenters. The fraction of sp³-hybridized carbons (Fsp3) is 0.818. The zero-order valence-corrected chi connectivity index (χ0v) is 10.8. The van der Waals surface area contributed by atoms with Crippen LogP contribution in [0.5, 0.6) is 0 Å². The molecule has 4 nitrogen and oxygen atoms in total. The van der Waals surface area contributed by atoms with Crippen molar-refractivity contribution < 1.29 is 14.1 Å². The molecule has 1 N–H and O–H groups in total. The van der Waals surface area contributed by atoms with E-state index in [0.29, 0.717) is 25.0 Å². The van der Waals surface area contributed by atoms with Gasteiger partial charge < -0.3 is 5.11 Å². The zero-order chi connectivity index (χ0) is 12.8. The lowest BCUT2D eigenvalue weighted by molar-refractivity contribution is -0.136. The predicted molar refractivity (Wildman–Crippen MR) is 63.4 cm³/mol. The van der Waals surface area contributed by atoms with Crippen molar-refractivity contribution >= 4 is 16.8 Å². The molecule has 0 aliphatic carbocycles. The van der Waals surface area contributed by atoms with Crippen LogP contribution in [-0.4, -0.2) is 26.3 Å². The Bertz CT molecular complexity index is 307. The molecule has 92 valence electrons. The molecule has 2 atom stereocenters. The van der Waals surface area contributed by atoms with Gasteiger partial charge in [0.05, 0.1) is 11.5 Å². The second kappa shape index (κ2) is 6.64. The molecule has 0 aromatic rings. The number of carboxylic acids is 1. The van der Waals surface area contributed by atoms with Gasteiger partial charge in [-0.1, -0.05) is 6.92 Å². The largest absolute Gasteiger partial charge is 0.480 e. The van der Waals surface area contributed by atoms with Gasteiger partial charge in [-0.3, -0.25) is 9.00 Å². The van der Waals surface area contributed by atoms with E-state index in [-0.39, 0.29) is 0 Å². The van der Waals surface area contributed by atoms with Gasteiger partial charge in [0.2, 0.25) is 0 Å². The highest BCUT2D eigenvalue weighted by Gasteiger charge is 2.23. The highest BCUT2D eigenvalue weighted by atomic mass is 32.2. The maximum atomic E-state index is 11.6. The van der Waals surface area contributed by atoms with Crippen molar-refractivity contribution in [3.05, 3.63) is 0 Å². The molecule has 0 bridgehead atoms. The van der Waals surface area contributed by atoms with Crippen LogP contribution in [0.1, 0.15) is 40.0 Å². The Kier molecular flexibility index (Phi) is 6.27. The van der Waals surface area contributed by atoms with Crippen LogP contribution < -0.4 is 0 Å². The van der Waals surface area contributed by atoms with E-state index in [9.17, 15) is 9.00 Å². The summed E-state index contributed by atoms with van der Waals surface area (Å²) in [6, 6.07) is 2.17. The molecule has 0 aliphatic rings. The highest BCUT2D eigenvalue weighted by molar-refractivity contribution is 7.86. The lowest BCUT2D eigenvalue weighted by Gasteiger charge is -2.15. The van der Waals surface area contributed by atoms with Crippen molar-refractivity contribution in [3.63, 3.8) is 0 Å². The summed E-state index contributed by atoms with van der Waals surface area (Å²) in [5.41, 5.74) is -0.421. The van der Waals surface area contributed by atoms with Gasteiger partial charge >= 0.3 is 5.97 Å². The minimum Gasteiger partial charge on any atom is -0.480 e. The van der Waals surface area contributed by atoms with Gasteiger partial charge in [0.25, 0.3) is 0 Å². The SMILES string of the molecule is CCC(C(=O)O)S(=O)CCCC(C)(C)C#N. The van der Waals surface area contributed by atoms with Crippen molar-refractivity contribution in [1.82, 2.24) is 0 Å². The molecule has 5 heteroatoms. The van der Waals surface area contributed by atoms with Gasteiger partial charge in [0, 0.05) is 16.6 Å². The summed E-state index contributed by atoms with van der Waals surface area (Å²) in [5.74, 6) is -0.643. The number of rotatable bonds is 7. The number of hydrogen-bond donors (Lipinski definition) is 1. The van der Waals surface area contributed by atoms with E-state index < -0.39 is 27.4 Å². The summed E-state index contributed by atoms with van der Waals surface area (Å²) in [5, 5.41) is 16.8. The van der Waals surface area contributed by atoms with Gasteiger partial charge in [-0.2, -0.15) is 5.26 Å². The lowest BCUT2D eigenvalue weighted by Crippen LogP contribution is -2.26. The third-order valence-electron chi connectivity index (χ3n) is 2.41. The molecule has 16 heavy (non-hydrogen) atoms. The summed E-state index contributed by atoms with van der Waals surface area (Å²) in [6.45, 7) is 5.37. The average molecular weight is 245 g/mol. The van der Waals surface area contributed by atoms with Crippen LogP contribution >= 0.6 is 0 Å². The Balaban J connectivity index is 4.09. The van der Waals surface area contributed by atoms with E-state index in [1.165, 1.54) is 0 Å². The monoisotopic (exact) mass is 245 g/mol. The summed E-state index contributed by atoms with van der Waals surface area (Å²) in [7, 11) is -1.33. The van der Waals surface area contributed by atoms with Crippen LogP contribution in [0.4, 0.5) is 0 Å². The number of aliphatic carboxylic acids is 1. The maximum absolute atomic E-state index is 11.6. The molecule has 0 amide bonds. The lowest BCUT2D eigenvalue weighted by atomic mass is 9.90. The Morgan fingerprint density at radius 1 is 1.56 bits per heavy atom. The summed E-state index contributed by atoms with van der Waals surface area (Å²) >= 11 is 0. The first-order valence-corrected chi connectivity index (χ1v) is 6.73. The van der Waals surface area contributed by atoms with E-state index in [1.54, 1.807) is 6.92 Å². The number of nitrogens with zero attached hydrogens (tertiary/aromatic N) is 1. The topological polar surface area (TPSA) is 78.2 Å². The van der Waals surface area contributed by atoms with Crippen LogP contribution in [-0.2, 0) is 15.6 Å². The minimum atomic E-state index is -1.33. The van der Waals surface area contributed by atoms with E-state index in [2.05, 4.69) is 6.07 Å². The van der Waals surface area contributed by atoms with E-state index in [0.717, 1.165) is 0 Å². The minimum absolute atomic E-state index is 0.357. The second-order valence-corrected chi connectivity index (χ2v) is 6.16.